The van der Waals surface area contributed by atoms with Crippen LogP contribution in [0.1, 0.15) is 39.0 Å². The van der Waals surface area contributed by atoms with Crippen LogP contribution >= 0.6 is 0 Å². The molecule has 1 N–H and O–H groups in total. The Balaban J connectivity index is 2.02. The molecule has 2 aliphatic rings. The summed E-state index contributed by atoms with van der Waals surface area (Å²) in [4.78, 5) is 13.7. The Morgan fingerprint density at radius 3 is 2.67 bits per heavy atom. The van der Waals surface area contributed by atoms with Crippen molar-refractivity contribution in [3.63, 3.8) is 0 Å². The third kappa shape index (κ3) is 2.86. The van der Waals surface area contributed by atoms with Gasteiger partial charge < -0.3 is 9.84 Å². The van der Waals surface area contributed by atoms with Crippen LogP contribution in [0.15, 0.2) is 0 Å². The Morgan fingerprint density at radius 2 is 2.00 bits per heavy atom. The number of carboxylic acids is 1. The van der Waals surface area contributed by atoms with Crippen LogP contribution in [0.25, 0.3) is 0 Å². The molecule has 1 heterocycles. The summed E-state index contributed by atoms with van der Waals surface area (Å²) in [6.45, 7) is 4.14. The maximum atomic E-state index is 11.4. The van der Waals surface area contributed by atoms with Crippen molar-refractivity contribution in [1.82, 2.24) is 4.90 Å². The lowest BCUT2D eigenvalue weighted by Crippen LogP contribution is -2.53. The minimum absolute atomic E-state index is 0.176. The van der Waals surface area contributed by atoms with Gasteiger partial charge in [-0.05, 0) is 31.7 Å². The van der Waals surface area contributed by atoms with Crippen molar-refractivity contribution in [3.05, 3.63) is 0 Å². The molecule has 0 spiro atoms. The third-order valence-corrected chi connectivity index (χ3v) is 4.74. The predicted octanol–water partition coefficient (Wildman–Crippen LogP) is 1.99. The highest BCUT2D eigenvalue weighted by Gasteiger charge is 2.38. The van der Waals surface area contributed by atoms with E-state index in [1.54, 1.807) is 7.11 Å². The van der Waals surface area contributed by atoms with Gasteiger partial charge in [0.1, 0.15) is 0 Å². The van der Waals surface area contributed by atoms with Crippen molar-refractivity contribution >= 4 is 5.97 Å². The Hall–Kier alpha value is -0.610. The molecule has 4 atom stereocenters. The molecule has 1 saturated heterocycles. The van der Waals surface area contributed by atoms with E-state index >= 15 is 0 Å². The lowest BCUT2D eigenvalue weighted by Gasteiger charge is -2.44. The number of hydrogen-bond acceptors (Lipinski definition) is 3. The zero-order valence-electron chi connectivity index (χ0n) is 11.5. The quantitative estimate of drug-likeness (QED) is 0.838. The van der Waals surface area contributed by atoms with Gasteiger partial charge in [0.15, 0.2) is 0 Å². The molecule has 0 aromatic heterocycles. The van der Waals surface area contributed by atoms with Crippen LogP contribution in [0.5, 0.6) is 0 Å². The number of ether oxygens (including phenoxy) is 1. The number of nitrogens with zero attached hydrogens (tertiary/aromatic N) is 1. The lowest BCUT2D eigenvalue weighted by atomic mass is 9.82. The molecule has 104 valence electrons. The van der Waals surface area contributed by atoms with Gasteiger partial charge in [0.2, 0.25) is 0 Å². The molecule has 0 amide bonds. The monoisotopic (exact) mass is 255 g/mol. The van der Waals surface area contributed by atoms with Gasteiger partial charge in [-0.3, -0.25) is 9.69 Å². The molecule has 1 saturated carbocycles. The van der Waals surface area contributed by atoms with E-state index in [9.17, 15) is 9.90 Å². The van der Waals surface area contributed by atoms with Gasteiger partial charge in [-0.15, -0.1) is 0 Å². The van der Waals surface area contributed by atoms with E-state index in [0.29, 0.717) is 5.92 Å². The van der Waals surface area contributed by atoms with Gasteiger partial charge in [0, 0.05) is 19.7 Å². The van der Waals surface area contributed by atoms with Crippen LogP contribution in [-0.4, -0.2) is 48.3 Å². The van der Waals surface area contributed by atoms with Crippen LogP contribution in [0.4, 0.5) is 0 Å². The second kappa shape index (κ2) is 6.02. The van der Waals surface area contributed by atoms with E-state index in [4.69, 9.17) is 4.74 Å². The van der Waals surface area contributed by atoms with E-state index in [-0.39, 0.29) is 18.1 Å². The van der Waals surface area contributed by atoms with E-state index in [2.05, 4.69) is 11.8 Å². The maximum Gasteiger partial charge on any atom is 0.308 e. The summed E-state index contributed by atoms with van der Waals surface area (Å²) in [5.74, 6) is -0.213. The maximum absolute atomic E-state index is 11.4. The summed E-state index contributed by atoms with van der Waals surface area (Å²) in [5.41, 5.74) is 0. The number of likely N-dealkylation sites (tertiary alicyclic amines) is 1. The Bertz CT molecular complexity index is 295. The molecule has 0 radical (unpaired) electrons. The first-order valence-corrected chi connectivity index (χ1v) is 7.13. The second-order valence-corrected chi connectivity index (χ2v) is 5.83. The Morgan fingerprint density at radius 1 is 1.28 bits per heavy atom. The topological polar surface area (TPSA) is 49.8 Å². The third-order valence-electron chi connectivity index (χ3n) is 4.74. The Kier molecular flexibility index (Phi) is 4.62. The molecule has 18 heavy (non-hydrogen) atoms. The average Bonchev–Trinajstić information content (AvgIpc) is 2.39. The van der Waals surface area contributed by atoms with Gasteiger partial charge in [0.05, 0.1) is 12.0 Å². The molecule has 1 aliphatic heterocycles. The molecule has 4 nitrogen and oxygen atoms in total. The Labute approximate surface area is 109 Å². The molecule has 0 bridgehead atoms. The number of carboxylic acid groups (broad SMARTS) is 1. The van der Waals surface area contributed by atoms with Crippen molar-refractivity contribution in [2.24, 2.45) is 11.8 Å². The molecule has 4 unspecified atom stereocenters. The lowest BCUT2D eigenvalue weighted by molar-refractivity contribution is -0.146. The van der Waals surface area contributed by atoms with E-state index in [1.165, 1.54) is 0 Å². The van der Waals surface area contributed by atoms with Crippen molar-refractivity contribution in [3.8, 4) is 0 Å². The second-order valence-electron chi connectivity index (χ2n) is 5.83. The molecule has 0 aromatic carbocycles. The van der Waals surface area contributed by atoms with Crippen LogP contribution in [0.2, 0.25) is 0 Å². The van der Waals surface area contributed by atoms with Gasteiger partial charge in [-0.1, -0.05) is 19.8 Å². The van der Waals surface area contributed by atoms with Crippen LogP contribution in [0.3, 0.4) is 0 Å². The first-order valence-electron chi connectivity index (χ1n) is 7.13. The highest BCUT2D eigenvalue weighted by molar-refractivity contribution is 5.71. The van der Waals surface area contributed by atoms with Crippen LogP contribution in [0, 0.1) is 11.8 Å². The number of hydrogen-bond donors (Lipinski definition) is 1. The van der Waals surface area contributed by atoms with Crippen molar-refractivity contribution < 1.29 is 14.6 Å². The summed E-state index contributed by atoms with van der Waals surface area (Å²) in [5, 5.41) is 9.36. The highest BCUT2D eigenvalue weighted by Crippen LogP contribution is 2.32. The standard InChI is InChI=1S/C14H25NO3/c1-10-7-8-15(9-13(10)18-2)12-6-4-3-5-11(12)14(16)17/h10-13H,3-9H2,1-2H3,(H,16,17). The highest BCUT2D eigenvalue weighted by atomic mass is 16.5. The molecule has 2 rings (SSSR count). The summed E-state index contributed by atoms with van der Waals surface area (Å²) >= 11 is 0. The summed E-state index contributed by atoms with van der Waals surface area (Å²) in [6, 6.07) is 0.224. The molecule has 4 heteroatoms. The largest absolute Gasteiger partial charge is 0.481 e. The van der Waals surface area contributed by atoms with E-state index in [0.717, 1.165) is 45.2 Å². The van der Waals surface area contributed by atoms with E-state index in [1.807, 2.05) is 0 Å². The fraction of sp³-hybridized carbons (Fsp3) is 0.929. The number of methoxy groups -OCH3 is 1. The van der Waals surface area contributed by atoms with Crippen molar-refractivity contribution in [1.29, 1.82) is 0 Å². The number of piperidine rings is 1. The molecule has 2 fully saturated rings. The van der Waals surface area contributed by atoms with E-state index < -0.39 is 5.97 Å². The van der Waals surface area contributed by atoms with Crippen LogP contribution in [-0.2, 0) is 9.53 Å². The minimum atomic E-state index is -0.618. The average molecular weight is 255 g/mol. The summed E-state index contributed by atoms with van der Waals surface area (Å²) in [7, 11) is 1.76. The summed E-state index contributed by atoms with van der Waals surface area (Å²) in [6.07, 6.45) is 5.46. The van der Waals surface area contributed by atoms with Crippen molar-refractivity contribution in [2.75, 3.05) is 20.2 Å². The first-order chi connectivity index (χ1) is 8.63. The molecule has 0 aromatic rings. The summed E-state index contributed by atoms with van der Waals surface area (Å²) < 4.78 is 5.53. The van der Waals surface area contributed by atoms with Crippen LogP contribution < -0.4 is 0 Å². The molecular formula is C14H25NO3. The smallest absolute Gasteiger partial charge is 0.308 e. The predicted molar refractivity (Wildman–Crippen MR) is 69.5 cm³/mol. The fourth-order valence-electron chi connectivity index (χ4n) is 3.50. The number of rotatable bonds is 3. The zero-order valence-corrected chi connectivity index (χ0v) is 11.5. The van der Waals surface area contributed by atoms with Gasteiger partial charge in [-0.25, -0.2) is 0 Å². The zero-order chi connectivity index (χ0) is 13.1. The first kappa shape index (κ1) is 13.8. The van der Waals surface area contributed by atoms with Gasteiger partial charge in [-0.2, -0.15) is 0 Å². The fourth-order valence-corrected chi connectivity index (χ4v) is 3.50. The van der Waals surface area contributed by atoms with Gasteiger partial charge in [0.25, 0.3) is 0 Å². The normalized spacial score (nSPS) is 38.6. The molecule has 1 aliphatic carbocycles. The van der Waals surface area contributed by atoms with Crippen molar-refractivity contribution in [2.45, 2.75) is 51.2 Å². The minimum Gasteiger partial charge on any atom is -0.481 e. The SMILES string of the molecule is COC1CN(C2CCCCC2C(=O)O)CCC1C. The number of aliphatic carboxylic acids is 1. The number of carbonyl (C=O) groups is 1. The molecular weight excluding hydrogens is 230 g/mol. The van der Waals surface area contributed by atoms with Gasteiger partial charge >= 0.3 is 5.97 Å².